The molecule has 1 fully saturated rings. The van der Waals surface area contributed by atoms with Crippen LogP contribution >= 0.6 is 0 Å². The molecule has 2 atom stereocenters. The van der Waals surface area contributed by atoms with Crippen LogP contribution in [0.3, 0.4) is 0 Å². The van der Waals surface area contributed by atoms with Gasteiger partial charge in [-0.3, -0.25) is 0 Å². The van der Waals surface area contributed by atoms with Crippen molar-refractivity contribution in [1.29, 1.82) is 0 Å². The van der Waals surface area contributed by atoms with E-state index in [1.807, 2.05) is 13.0 Å². The quantitative estimate of drug-likeness (QED) is 0.621. The van der Waals surface area contributed by atoms with E-state index in [1.54, 1.807) is 0 Å². The number of hydrogen-bond acceptors (Lipinski definition) is 2. The topological polar surface area (TPSA) is 40.5 Å². The Labute approximate surface area is 73.2 Å². The molecule has 1 rings (SSSR count). The third-order valence-corrected chi connectivity index (χ3v) is 2.22. The standard InChI is InChI=1S/C10H16O2/c1-3-4-8-5-9(11)6-10(12)7(8)2/h4,9-12H,2-3,5-6H2,1H3/b8-4-/t9-,10-/m0/s1. The van der Waals surface area contributed by atoms with E-state index in [1.165, 1.54) is 0 Å². The molecule has 0 spiro atoms. The van der Waals surface area contributed by atoms with Crippen molar-refractivity contribution in [2.24, 2.45) is 0 Å². The number of aliphatic hydroxyl groups excluding tert-OH is 2. The Balaban J connectivity index is 2.73. The SMILES string of the molecule is C=C1/C(=C\CC)C[C@H](O)C[C@@H]1O. The van der Waals surface area contributed by atoms with Gasteiger partial charge in [0.15, 0.2) is 0 Å². The van der Waals surface area contributed by atoms with Crippen molar-refractivity contribution in [3.63, 3.8) is 0 Å². The second kappa shape index (κ2) is 3.87. The number of rotatable bonds is 1. The van der Waals surface area contributed by atoms with Crippen molar-refractivity contribution in [2.45, 2.75) is 38.4 Å². The minimum absolute atomic E-state index is 0.400. The van der Waals surface area contributed by atoms with Crippen molar-refractivity contribution in [1.82, 2.24) is 0 Å². The van der Waals surface area contributed by atoms with Crippen molar-refractivity contribution in [3.05, 3.63) is 23.8 Å². The Kier molecular flexibility index (Phi) is 3.06. The predicted octanol–water partition coefficient (Wildman–Crippen LogP) is 1.39. The van der Waals surface area contributed by atoms with E-state index in [-0.39, 0.29) is 0 Å². The summed E-state index contributed by atoms with van der Waals surface area (Å²) < 4.78 is 0. The third kappa shape index (κ3) is 1.96. The van der Waals surface area contributed by atoms with Gasteiger partial charge in [0, 0.05) is 6.42 Å². The van der Waals surface area contributed by atoms with E-state index in [4.69, 9.17) is 0 Å². The Bertz CT molecular complexity index is 206. The zero-order valence-corrected chi connectivity index (χ0v) is 7.45. The van der Waals surface area contributed by atoms with Crippen LogP contribution in [0.15, 0.2) is 23.8 Å². The molecule has 0 saturated heterocycles. The van der Waals surface area contributed by atoms with E-state index in [0.29, 0.717) is 12.8 Å². The van der Waals surface area contributed by atoms with Crippen molar-refractivity contribution in [2.75, 3.05) is 0 Å². The van der Waals surface area contributed by atoms with Crippen LogP contribution in [0.25, 0.3) is 0 Å². The lowest BCUT2D eigenvalue weighted by Crippen LogP contribution is -2.26. The number of aliphatic hydroxyl groups is 2. The fraction of sp³-hybridized carbons (Fsp3) is 0.600. The molecule has 1 aliphatic carbocycles. The van der Waals surface area contributed by atoms with Gasteiger partial charge in [0.25, 0.3) is 0 Å². The van der Waals surface area contributed by atoms with Gasteiger partial charge in [0.2, 0.25) is 0 Å². The summed E-state index contributed by atoms with van der Waals surface area (Å²) in [7, 11) is 0. The number of hydrogen-bond donors (Lipinski definition) is 2. The Hall–Kier alpha value is -0.600. The van der Waals surface area contributed by atoms with Crippen LogP contribution in [0, 0.1) is 0 Å². The van der Waals surface area contributed by atoms with Crippen LogP contribution in [-0.2, 0) is 0 Å². The van der Waals surface area contributed by atoms with Crippen molar-refractivity contribution in [3.8, 4) is 0 Å². The van der Waals surface area contributed by atoms with Crippen LogP contribution in [0.2, 0.25) is 0 Å². The maximum atomic E-state index is 9.44. The van der Waals surface area contributed by atoms with Gasteiger partial charge in [-0.05, 0) is 24.0 Å². The van der Waals surface area contributed by atoms with E-state index >= 15 is 0 Å². The summed E-state index contributed by atoms with van der Waals surface area (Å²) in [4.78, 5) is 0. The largest absolute Gasteiger partial charge is 0.393 e. The third-order valence-electron chi connectivity index (χ3n) is 2.22. The van der Waals surface area contributed by atoms with Crippen LogP contribution in [0.1, 0.15) is 26.2 Å². The molecule has 2 nitrogen and oxygen atoms in total. The molecule has 68 valence electrons. The zero-order valence-electron chi connectivity index (χ0n) is 7.45. The summed E-state index contributed by atoms with van der Waals surface area (Å²) in [6, 6.07) is 0. The van der Waals surface area contributed by atoms with Gasteiger partial charge in [-0.25, -0.2) is 0 Å². The first-order valence-corrected chi connectivity index (χ1v) is 4.39. The molecule has 2 heteroatoms. The predicted molar refractivity (Wildman–Crippen MR) is 48.8 cm³/mol. The van der Waals surface area contributed by atoms with E-state index in [0.717, 1.165) is 17.6 Å². The first-order chi connectivity index (χ1) is 5.65. The molecule has 0 aromatic rings. The van der Waals surface area contributed by atoms with E-state index in [2.05, 4.69) is 6.58 Å². The summed E-state index contributed by atoms with van der Waals surface area (Å²) in [5.74, 6) is 0. The monoisotopic (exact) mass is 168 g/mol. The lowest BCUT2D eigenvalue weighted by Gasteiger charge is -2.26. The minimum Gasteiger partial charge on any atom is -0.393 e. The highest BCUT2D eigenvalue weighted by Crippen LogP contribution is 2.28. The van der Waals surface area contributed by atoms with Gasteiger partial charge in [0.05, 0.1) is 12.2 Å². The summed E-state index contributed by atoms with van der Waals surface area (Å²) in [5.41, 5.74) is 1.80. The van der Waals surface area contributed by atoms with Gasteiger partial charge in [-0.1, -0.05) is 19.6 Å². The molecular weight excluding hydrogens is 152 g/mol. The molecule has 2 N–H and O–H groups in total. The molecule has 0 amide bonds. The van der Waals surface area contributed by atoms with Gasteiger partial charge in [-0.2, -0.15) is 0 Å². The number of allylic oxidation sites excluding steroid dienone is 1. The second-order valence-electron chi connectivity index (χ2n) is 3.27. The fourth-order valence-corrected chi connectivity index (χ4v) is 1.54. The highest BCUT2D eigenvalue weighted by Gasteiger charge is 2.24. The molecule has 0 heterocycles. The zero-order chi connectivity index (χ0) is 9.14. The summed E-state index contributed by atoms with van der Waals surface area (Å²) in [6.45, 7) is 5.84. The Morgan fingerprint density at radius 3 is 2.83 bits per heavy atom. The lowest BCUT2D eigenvalue weighted by molar-refractivity contribution is 0.0861. The van der Waals surface area contributed by atoms with Crippen LogP contribution < -0.4 is 0 Å². The van der Waals surface area contributed by atoms with E-state index in [9.17, 15) is 10.2 Å². The average Bonchev–Trinajstić information content (AvgIpc) is 2.00. The summed E-state index contributed by atoms with van der Waals surface area (Å²) in [6.07, 6.45) is 3.07. The van der Waals surface area contributed by atoms with Crippen molar-refractivity contribution < 1.29 is 10.2 Å². The molecule has 0 aromatic heterocycles. The lowest BCUT2D eigenvalue weighted by atomic mass is 9.86. The van der Waals surface area contributed by atoms with Gasteiger partial charge >= 0.3 is 0 Å². The van der Waals surface area contributed by atoms with Crippen LogP contribution in [0.4, 0.5) is 0 Å². The van der Waals surface area contributed by atoms with E-state index < -0.39 is 12.2 Å². The second-order valence-corrected chi connectivity index (χ2v) is 3.27. The first-order valence-electron chi connectivity index (χ1n) is 4.39. The van der Waals surface area contributed by atoms with Gasteiger partial charge < -0.3 is 10.2 Å². The Morgan fingerprint density at radius 2 is 2.25 bits per heavy atom. The summed E-state index contributed by atoms with van der Waals surface area (Å²) in [5, 5.41) is 18.8. The maximum Gasteiger partial charge on any atom is 0.0811 e. The molecule has 0 bridgehead atoms. The fourth-order valence-electron chi connectivity index (χ4n) is 1.54. The molecule has 1 saturated carbocycles. The van der Waals surface area contributed by atoms with Gasteiger partial charge in [-0.15, -0.1) is 0 Å². The summed E-state index contributed by atoms with van der Waals surface area (Å²) >= 11 is 0. The highest BCUT2D eigenvalue weighted by molar-refractivity contribution is 5.34. The average molecular weight is 168 g/mol. The molecule has 0 radical (unpaired) electrons. The molecule has 0 unspecified atom stereocenters. The molecular formula is C10H16O2. The normalized spacial score (nSPS) is 34.2. The van der Waals surface area contributed by atoms with Crippen LogP contribution in [0.5, 0.6) is 0 Å². The molecule has 12 heavy (non-hydrogen) atoms. The smallest absolute Gasteiger partial charge is 0.0811 e. The molecule has 0 aromatic carbocycles. The maximum absolute atomic E-state index is 9.44. The molecule has 1 aliphatic rings. The van der Waals surface area contributed by atoms with Gasteiger partial charge in [0.1, 0.15) is 0 Å². The highest BCUT2D eigenvalue weighted by atomic mass is 16.3. The molecule has 0 aliphatic heterocycles. The minimum atomic E-state index is -0.549. The van der Waals surface area contributed by atoms with Crippen molar-refractivity contribution >= 4 is 0 Å². The van der Waals surface area contributed by atoms with Crippen LogP contribution in [-0.4, -0.2) is 22.4 Å². The Morgan fingerprint density at radius 1 is 1.58 bits per heavy atom. The first kappa shape index (κ1) is 9.49.